The average molecular weight is 274 g/mol. The highest BCUT2D eigenvalue weighted by atomic mass is 16.2. The fourth-order valence-electron chi connectivity index (χ4n) is 2.73. The van der Waals surface area contributed by atoms with Crippen LogP contribution in [0.5, 0.6) is 0 Å². The van der Waals surface area contributed by atoms with E-state index in [1.165, 1.54) is 5.56 Å². The second kappa shape index (κ2) is 6.07. The minimum Gasteiger partial charge on any atom is -0.340 e. The Balaban J connectivity index is 2.07. The third-order valence-corrected chi connectivity index (χ3v) is 4.13. The van der Waals surface area contributed by atoms with E-state index in [0.717, 1.165) is 6.42 Å². The minimum atomic E-state index is -0.702. The summed E-state index contributed by atoms with van der Waals surface area (Å²) in [5.74, 6) is -0.000562. The number of carbonyl (C=O) groups excluding carboxylic acids is 2. The molecule has 4 heteroatoms. The van der Waals surface area contributed by atoms with Gasteiger partial charge in [0.1, 0.15) is 5.54 Å². The molecule has 0 atom stereocenters. The summed E-state index contributed by atoms with van der Waals surface area (Å²) in [4.78, 5) is 26.1. The van der Waals surface area contributed by atoms with Crippen LogP contribution in [0.25, 0.3) is 0 Å². The first-order valence-corrected chi connectivity index (χ1v) is 7.25. The van der Waals surface area contributed by atoms with E-state index in [0.29, 0.717) is 19.4 Å². The first kappa shape index (κ1) is 14.6. The number of amides is 2. The Morgan fingerprint density at radius 1 is 1.15 bits per heavy atom. The van der Waals surface area contributed by atoms with Crippen LogP contribution in [0.4, 0.5) is 0 Å². The molecule has 1 aliphatic heterocycles. The Kier molecular flexibility index (Phi) is 4.42. The van der Waals surface area contributed by atoms with Gasteiger partial charge in [0.05, 0.1) is 6.54 Å². The standard InChI is InChI=1S/C16H22N2O2/c1-3-16(4-2)15(20)18(12-14(19)17-16)11-10-13-8-6-5-7-9-13/h5-9H,3-4,10-12H2,1-2H3,(H,17,19). The fourth-order valence-corrected chi connectivity index (χ4v) is 2.73. The molecule has 1 aromatic rings. The van der Waals surface area contributed by atoms with Crippen LogP contribution in [-0.2, 0) is 16.0 Å². The molecule has 2 amide bonds. The normalized spacial score (nSPS) is 18.0. The van der Waals surface area contributed by atoms with E-state index in [9.17, 15) is 9.59 Å². The molecular formula is C16H22N2O2. The summed E-state index contributed by atoms with van der Waals surface area (Å²) in [5.41, 5.74) is 0.483. The number of hydrogen-bond donors (Lipinski definition) is 1. The van der Waals surface area contributed by atoms with E-state index in [4.69, 9.17) is 0 Å². The molecule has 1 aromatic carbocycles. The summed E-state index contributed by atoms with van der Waals surface area (Å²) < 4.78 is 0. The van der Waals surface area contributed by atoms with Crippen molar-refractivity contribution in [3.63, 3.8) is 0 Å². The zero-order valence-corrected chi connectivity index (χ0v) is 12.2. The van der Waals surface area contributed by atoms with E-state index in [2.05, 4.69) is 5.32 Å². The van der Waals surface area contributed by atoms with Gasteiger partial charge in [0, 0.05) is 6.54 Å². The monoisotopic (exact) mass is 274 g/mol. The topological polar surface area (TPSA) is 49.4 Å². The Hall–Kier alpha value is -1.84. The maximum Gasteiger partial charge on any atom is 0.248 e. The second-order valence-electron chi connectivity index (χ2n) is 5.30. The molecule has 108 valence electrons. The van der Waals surface area contributed by atoms with Gasteiger partial charge in [-0.05, 0) is 24.8 Å². The summed E-state index contributed by atoms with van der Waals surface area (Å²) in [7, 11) is 0. The van der Waals surface area contributed by atoms with Crippen LogP contribution in [0.2, 0.25) is 0 Å². The fraction of sp³-hybridized carbons (Fsp3) is 0.500. The predicted octanol–water partition coefficient (Wildman–Crippen LogP) is 1.75. The van der Waals surface area contributed by atoms with Gasteiger partial charge in [-0.25, -0.2) is 0 Å². The van der Waals surface area contributed by atoms with Crippen molar-refractivity contribution < 1.29 is 9.59 Å². The van der Waals surface area contributed by atoms with Crippen LogP contribution in [0, 0.1) is 0 Å². The molecule has 2 rings (SSSR count). The van der Waals surface area contributed by atoms with Gasteiger partial charge in [-0.1, -0.05) is 44.2 Å². The molecule has 1 aliphatic rings. The van der Waals surface area contributed by atoms with E-state index in [-0.39, 0.29) is 18.4 Å². The maximum atomic E-state index is 12.6. The molecule has 0 saturated carbocycles. The van der Waals surface area contributed by atoms with Crippen LogP contribution in [0.15, 0.2) is 30.3 Å². The van der Waals surface area contributed by atoms with Crippen molar-refractivity contribution in [1.82, 2.24) is 10.2 Å². The lowest BCUT2D eigenvalue weighted by Gasteiger charge is -2.41. The molecular weight excluding hydrogens is 252 g/mol. The number of nitrogens with zero attached hydrogens (tertiary/aromatic N) is 1. The van der Waals surface area contributed by atoms with Crippen LogP contribution in [0.3, 0.4) is 0 Å². The van der Waals surface area contributed by atoms with Crippen molar-refractivity contribution in [2.75, 3.05) is 13.1 Å². The zero-order chi connectivity index (χ0) is 14.6. The van der Waals surface area contributed by atoms with E-state index in [1.54, 1.807) is 4.90 Å². The van der Waals surface area contributed by atoms with Gasteiger partial charge in [0.25, 0.3) is 0 Å². The van der Waals surface area contributed by atoms with Gasteiger partial charge in [0.15, 0.2) is 0 Å². The SMILES string of the molecule is CCC1(CC)NC(=O)CN(CCc2ccccc2)C1=O. The number of carbonyl (C=O) groups is 2. The Morgan fingerprint density at radius 3 is 2.40 bits per heavy atom. The van der Waals surface area contributed by atoms with Crippen molar-refractivity contribution in [3.8, 4) is 0 Å². The highest BCUT2D eigenvalue weighted by Gasteiger charge is 2.43. The van der Waals surface area contributed by atoms with Gasteiger partial charge in [0.2, 0.25) is 11.8 Å². The van der Waals surface area contributed by atoms with Crippen molar-refractivity contribution >= 4 is 11.8 Å². The number of rotatable bonds is 5. The summed E-state index contributed by atoms with van der Waals surface area (Å²) in [6.45, 7) is 4.66. The summed E-state index contributed by atoms with van der Waals surface area (Å²) in [5, 5.41) is 2.88. The third kappa shape index (κ3) is 2.84. The molecule has 0 aromatic heterocycles. The van der Waals surface area contributed by atoms with Crippen molar-refractivity contribution in [2.24, 2.45) is 0 Å². The van der Waals surface area contributed by atoms with E-state index in [1.807, 2.05) is 44.2 Å². The highest BCUT2D eigenvalue weighted by Crippen LogP contribution is 2.22. The Labute approximate surface area is 120 Å². The van der Waals surface area contributed by atoms with E-state index >= 15 is 0 Å². The van der Waals surface area contributed by atoms with Crippen LogP contribution in [0.1, 0.15) is 32.3 Å². The molecule has 0 radical (unpaired) electrons. The third-order valence-electron chi connectivity index (χ3n) is 4.13. The molecule has 20 heavy (non-hydrogen) atoms. The molecule has 0 unspecified atom stereocenters. The van der Waals surface area contributed by atoms with Gasteiger partial charge >= 0.3 is 0 Å². The van der Waals surface area contributed by atoms with Crippen LogP contribution in [-0.4, -0.2) is 35.3 Å². The van der Waals surface area contributed by atoms with Gasteiger partial charge in [-0.3, -0.25) is 9.59 Å². The van der Waals surface area contributed by atoms with Crippen molar-refractivity contribution in [1.29, 1.82) is 0 Å². The van der Waals surface area contributed by atoms with Gasteiger partial charge < -0.3 is 10.2 Å². The lowest BCUT2D eigenvalue weighted by Crippen LogP contribution is -2.66. The molecule has 0 spiro atoms. The quantitative estimate of drug-likeness (QED) is 0.889. The lowest BCUT2D eigenvalue weighted by atomic mass is 9.89. The average Bonchev–Trinajstić information content (AvgIpc) is 2.49. The van der Waals surface area contributed by atoms with Gasteiger partial charge in [-0.2, -0.15) is 0 Å². The predicted molar refractivity (Wildman–Crippen MR) is 78.2 cm³/mol. The highest BCUT2D eigenvalue weighted by molar-refractivity contribution is 5.97. The second-order valence-corrected chi connectivity index (χ2v) is 5.30. The summed E-state index contributed by atoms with van der Waals surface area (Å²) in [6, 6.07) is 10.0. The summed E-state index contributed by atoms with van der Waals surface area (Å²) in [6.07, 6.45) is 2.05. The zero-order valence-electron chi connectivity index (χ0n) is 12.2. The Morgan fingerprint density at radius 2 is 1.80 bits per heavy atom. The molecule has 0 bridgehead atoms. The largest absolute Gasteiger partial charge is 0.340 e. The minimum absolute atomic E-state index is 0.0537. The molecule has 0 aliphatic carbocycles. The van der Waals surface area contributed by atoms with Crippen molar-refractivity contribution in [3.05, 3.63) is 35.9 Å². The molecule has 1 saturated heterocycles. The Bertz CT molecular complexity index is 481. The van der Waals surface area contributed by atoms with Crippen molar-refractivity contribution in [2.45, 2.75) is 38.6 Å². The first-order valence-electron chi connectivity index (χ1n) is 7.25. The van der Waals surface area contributed by atoms with Crippen LogP contribution < -0.4 is 5.32 Å². The molecule has 1 fully saturated rings. The number of piperazine rings is 1. The number of hydrogen-bond acceptors (Lipinski definition) is 2. The number of benzene rings is 1. The first-order chi connectivity index (χ1) is 9.61. The van der Waals surface area contributed by atoms with E-state index < -0.39 is 5.54 Å². The van der Waals surface area contributed by atoms with Crippen LogP contribution >= 0.6 is 0 Å². The molecule has 1 N–H and O–H groups in total. The smallest absolute Gasteiger partial charge is 0.248 e. The summed E-state index contributed by atoms with van der Waals surface area (Å²) >= 11 is 0. The number of nitrogens with one attached hydrogen (secondary N) is 1. The lowest BCUT2D eigenvalue weighted by molar-refractivity contribution is -0.150. The molecule has 1 heterocycles. The van der Waals surface area contributed by atoms with Gasteiger partial charge in [-0.15, -0.1) is 0 Å². The maximum absolute atomic E-state index is 12.6. The molecule has 4 nitrogen and oxygen atoms in total.